The molecule has 1 aromatic rings. The zero-order valence-electron chi connectivity index (χ0n) is 8.94. The van der Waals surface area contributed by atoms with Crippen LogP contribution in [0.4, 0.5) is 20.2 Å². The van der Waals surface area contributed by atoms with Crippen molar-refractivity contribution >= 4 is 17.3 Å². The van der Waals surface area contributed by atoms with E-state index < -0.39 is 39.4 Å². The Labute approximate surface area is 99.4 Å². The van der Waals surface area contributed by atoms with Gasteiger partial charge in [-0.3, -0.25) is 10.1 Å². The zero-order valence-corrected chi connectivity index (χ0v) is 8.94. The Balaban J connectivity index is 2.35. The van der Waals surface area contributed by atoms with Gasteiger partial charge in [0.15, 0.2) is 11.6 Å². The maximum atomic E-state index is 13.5. The van der Waals surface area contributed by atoms with Crippen molar-refractivity contribution in [2.75, 3.05) is 5.32 Å². The molecular weight excluding hydrogens is 250 g/mol. The maximum Gasteiger partial charge on any atom is 0.329 e. The average molecular weight is 258 g/mol. The molecular formula is C10H8F2N2O4. The van der Waals surface area contributed by atoms with Crippen molar-refractivity contribution in [3.05, 3.63) is 33.9 Å². The van der Waals surface area contributed by atoms with Gasteiger partial charge in [-0.25, -0.2) is 13.6 Å². The molecule has 0 radical (unpaired) electrons. The first kappa shape index (κ1) is 12.2. The summed E-state index contributed by atoms with van der Waals surface area (Å²) in [6.07, 6.45) is 0.496. The molecule has 0 spiro atoms. The molecule has 1 aliphatic rings. The molecule has 0 aliphatic heterocycles. The van der Waals surface area contributed by atoms with Gasteiger partial charge in [0.1, 0.15) is 11.2 Å². The summed E-state index contributed by atoms with van der Waals surface area (Å²) in [6, 6.07) is 1.09. The van der Waals surface area contributed by atoms with Gasteiger partial charge in [0.05, 0.1) is 17.1 Å². The van der Waals surface area contributed by atoms with Crippen LogP contribution in [0.3, 0.4) is 0 Å². The quantitative estimate of drug-likeness (QED) is 0.635. The molecule has 6 nitrogen and oxygen atoms in total. The fraction of sp³-hybridized carbons (Fsp3) is 0.300. The third-order valence-electron chi connectivity index (χ3n) is 2.76. The van der Waals surface area contributed by atoms with Gasteiger partial charge in [0, 0.05) is 0 Å². The lowest BCUT2D eigenvalue weighted by atomic mass is 10.2. The number of anilines is 1. The van der Waals surface area contributed by atoms with Gasteiger partial charge in [0.25, 0.3) is 5.69 Å². The molecule has 2 rings (SSSR count). The summed E-state index contributed by atoms with van der Waals surface area (Å²) in [5.41, 5.74) is -2.74. The summed E-state index contributed by atoms with van der Waals surface area (Å²) in [6.45, 7) is 0. The van der Waals surface area contributed by atoms with Crippen LogP contribution < -0.4 is 5.32 Å². The molecule has 0 unspecified atom stereocenters. The second kappa shape index (κ2) is 3.90. The molecule has 0 aromatic heterocycles. The first-order valence-electron chi connectivity index (χ1n) is 5.01. The highest BCUT2D eigenvalue weighted by molar-refractivity contribution is 5.86. The predicted octanol–water partition coefficient (Wildman–Crippen LogP) is 1.90. The van der Waals surface area contributed by atoms with E-state index in [0.29, 0.717) is 12.1 Å². The van der Waals surface area contributed by atoms with Gasteiger partial charge in [0.2, 0.25) is 0 Å². The second-order valence-corrected chi connectivity index (χ2v) is 4.05. The van der Waals surface area contributed by atoms with Crippen molar-refractivity contribution < 1.29 is 23.6 Å². The number of rotatable bonds is 4. The van der Waals surface area contributed by atoms with E-state index in [9.17, 15) is 23.7 Å². The van der Waals surface area contributed by atoms with Gasteiger partial charge < -0.3 is 10.4 Å². The van der Waals surface area contributed by atoms with Crippen LogP contribution in [0.1, 0.15) is 12.8 Å². The molecule has 1 saturated carbocycles. The number of halogens is 2. The van der Waals surface area contributed by atoms with Crippen LogP contribution in [0, 0.1) is 21.7 Å². The lowest BCUT2D eigenvalue weighted by molar-refractivity contribution is -0.385. The highest BCUT2D eigenvalue weighted by atomic mass is 19.1. The van der Waals surface area contributed by atoms with E-state index in [1.165, 1.54) is 0 Å². The van der Waals surface area contributed by atoms with Gasteiger partial charge in [-0.15, -0.1) is 0 Å². The number of carboxylic acid groups (broad SMARTS) is 1. The number of aliphatic carboxylic acids is 1. The smallest absolute Gasteiger partial charge is 0.329 e. The van der Waals surface area contributed by atoms with Gasteiger partial charge in [-0.05, 0) is 12.8 Å². The number of nitro groups is 1. The fourth-order valence-corrected chi connectivity index (χ4v) is 1.54. The van der Waals surface area contributed by atoms with E-state index in [1.807, 2.05) is 0 Å². The minimum atomic E-state index is -1.36. The number of non-ortho nitro benzene ring substituents is 1. The van der Waals surface area contributed by atoms with Crippen molar-refractivity contribution in [1.29, 1.82) is 0 Å². The molecule has 1 fully saturated rings. The van der Waals surface area contributed by atoms with Gasteiger partial charge >= 0.3 is 5.97 Å². The lowest BCUT2D eigenvalue weighted by Gasteiger charge is -2.15. The zero-order chi connectivity index (χ0) is 13.5. The molecule has 96 valence electrons. The summed E-state index contributed by atoms with van der Waals surface area (Å²) in [5.74, 6) is -3.58. The molecule has 1 aliphatic carbocycles. The standard InChI is InChI=1S/C10H8F2N2O4/c11-6-3-5(14(17)18)4-7(12)8(6)13-10(1-2-10)9(15)16/h3-4,13H,1-2H2,(H,15,16). The maximum absolute atomic E-state index is 13.5. The molecule has 0 heterocycles. The van der Waals surface area contributed by atoms with Crippen LogP contribution in [-0.2, 0) is 4.79 Å². The van der Waals surface area contributed by atoms with Crippen LogP contribution in [-0.4, -0.2) is 21.5 Å². The summed E-state index contributed by atoms with van der Waals surface area (Å²) >= 11 is 0. The van der Waals surface area contributed by atoms with E-state index in [-0.39, 0.29) is 12.8 Å². The Morgan fingerprint density at radius 2 is 1.89 bits per heavy atom. The van der Waals surface area contributed by atoms with Crippen molar-refractivity contribution in [3.63, 3.8) is 0 Å². The molecule has 0 amide bonds. The predicted molar refractivity (Wildman–Crippen MR) is 56.2 cm³/mol. The number of hydrogen-bond acceptors (Lipinski definition) is 4. The summed E-state index contributed by atoms with van der Waals surface area (Å²) in [5, 5.41) is 21.5. The van der Waals surface area contributed by atoms with E-state index in [1.54, 1.807) is 0 Å². The third kappa shape index (κ3) is 1.96. The Morgan fingerprint density at radius 1 is 1.39 bits per heavy atom. The van der Waals surface area contributed by atoms with Crippen LogP contribution >= 0.6 is 0 Å². The summed E-state index contributed by atoms with van der Waals surface area (Å²) in [4.78, 5) is 20.3. The number of carboxylic acids is 1. The van der Waals surface area contributed by atoms with Crippen molar-refractivity contribution in [2.45, 2.75) is 18.4 Å². The van der Waals surface area contributed by atoms with Crippen molar-refractivity contribution in [1.82, 2.24) is 0 Å². The van der Waals surface area contributed by atoms with E-state index in [2.05, 4.69) is 5.32 Å². The SMILES string of the molecule is O=C(O)C1(Nc2c(F)cc([N+](=O)[O-])cc2F)CC1. The third-order valence-corrected chi connectivity index (χ3v) is 2.76. The topological polar surface area (TPSA) is 92.5 Å². The molecule has 0 atom stereocenters. The molecule has 8 heteroatoms. The summed E-state index contributed by atoms with van der Waals surface area (Å²) < 4.78 is 27.0. The van der Waals surface area contributed by atoms with Crippen LogP contribution in [0.2, 0.25) is 0 Å². The van der Waals surface area contributed by atoms with Crippen LogP contribution in [0.25, 0.3) is 0 Å². The number of hydrogen-bond donors (Lipinski definition) is 2. The number of nitrogens with zero attached hydrogens (tertiary/aromatic N) is 1. The second-order valence-electron chi connectivity index (χ2n) is 4.05. The number of nitrogens with one attached hydrogen (secondary N) is 1. The molecule has 0 saturated heterocycles. The van der Waals surface area contributed by atoms with Crippen molar-refractivity contribution in [2.24, 2.45) is 0 Å². The molecule has 2 N–H and O–H groups in total. The molecule has 0 bridgehead atoms. The van der Waals surface area contributed by atoms with E-state index in [0.717, 1.165) is 0 Å². The number of nitro benzene ring substituents is 1. The van der Waals surface area contributed by atoms with Crippen molar-refractivity contribution in [3.8, 4) is 0 Å². The first-order chi connectivity index (χ1) is 8.35. The van der Waals surface area contributed by atoms with Gasteiger partial charge in [-0.2, -0.15) is 0 Å². The Hall–Kier alpha value is -2.25. The van der Waals surface area contributed by atoms with Crippen LogP contribution in [0.5, 0.6) is 0 Å². The Bertz CT molecular complexity index is 520. The Kier molecular flexibility index (Phi) is 2.64. The average Bonchev–Trinajstić information content (AvgIpc) is 3.04. The molecule has 18 heavy (non-hydrogen) atoms. The monoisotopic (exact) mass is 258 g/mol. The highest BCUT2D eigenvalue weighted by Crippen LogP contribution is 2.40. The Morgan fingerprint density at radius 3 is 2.22 bits per heavy atom. The van der Waals surface area contributed by atoms with Gasteiger partial charge in [-0.1, -0.05) is 0 Å². The number of carbonyl (C=O) groups is 1. The van der Waals surface area contributed by atoms with E-state index in [4.69, 9.17) is 5.11 Å². The highest BCUT2D eigenvalue weighted by Gasteiger charge is 2.51. The first-order valence-corrected chi connectivity index (χ1v) is 5.01. The molecule has 1 aromatic carbocycles. The summed E-state index contributed by atoms with van der Waals surface area (Å²) in [7, 11) is 0. The minimum Gasteiger partial charge on any atom is -0.480 e. The minimum absolute atomic E-state index is 0.248. The van der Waals surface area contributed by atoms with E-state index >= 15 is 0 Å². The van der Waals surface area contributed by atoms with Crippen LogP contribution in [0.15, 0.2) is 12.1 Å². The number of benzene rings is 1. The fourth-order valence-electron chi connectivity index (χ4n) is 1.54. The lowest BCUT2D eigenvalue weighted by Crippen LogP contribution is -2.32. The normalized spacial score (nSPS) is 16.1. The largest absolute Gasteiger partial charge is 0.480 e.